The molecule has 0 aromatic carbocycles. The Morgan fingerprint density at radius 1 is 1.27 bits per heavy atom. The maximum Gasteiger partial charge on any atom is 0.156 e. The summed E-state index contributed by atoms with van der Waals surface area (Å²) in [5.41, 5.74) is 0. The summed E-state index contributed by atoms with van der Waals surface area (Å²) < 4.78 is 27.8. The van der Waals surface area contributed by atoms with Crippen LogP contribution < -0.4 is 0 Å². The first kappa shape index (κ1) is 6.20. The third-order valence-corrected chi connectivity index (χ3v) is 5.11. The monoisotopic (exact) mass is 172 g/mol. The van der Waals surface area contributed by atoms with Gasteiger partial charge in [0.1, 0.15) is 0 Å². The molecule has 4 unspecified atom stereocenters. The van der Waals surface area contributed by atoms with E-state index in [9.17, 15) is 8.42 Å². The van der Waals surface area contributed by atoms with E-state index >= 15 is 0 Å². The smallest absolute Gasteiger partial charge is 0.156 e. The van der Waals surface area contributed by atoms with E-state index in [-0.39, 0.29) is 23.4 Å². The zero-order valence-electron chi connectivity index (χ0n) is 5.80. The number of fused-ring (bicyclic) bond motifs is 5. The molecular weight excluding hydrogens is 164 g/mol. The summed E-state index contributed by atoms with van der Waals surface area (Å²) in [6, 6.07) is 0. The van der Waals surface area contributed by atoms with Crippen LogP contribution in [0.25, 0.3) is 0 Å². The maximum absolute atomic E-state index is 11.2. The average Bonchev–Trinajstić information content (AvgIpc) is 2.41. The van der Waals surface area contributed by atoms with Gasteiger partial charge < -0.3 is 4.74 Å². The van der Waals surface area contributed by atoms with Crippen molar-refractivity contribution in [2.24, 2.45) is 5.92 Å². The van der Waals surface area contributed by atoms with Crippen molar-refractivity contribution in [1.29, 1.82) is 0 Å². The fourth-order valence-corrected chi connectivity index (χ4v) is 4.41. The molecular formula is C7H8O3S. The molecule has 11 heavy (non-hydrogen) atoms. The zero-order chi connectivity index (χ0) is 7.64. The van der Waals surface area contributed by atoms with Crippen molar-refractivity contribution in [3.05, 3.63) is 12.2 Å². The van der Waals surface area contributed by atoms with Crippen LogP contribution in [0.15, 0.2) is 12.2 Å². The number of hydrogen-bond donors (Lipinski definition) is 0. The maximum atomic E-state index is 11.2. The van der Waals surface area contributed by atoms with Crippen molar-refractivity contribution >= 4 is 9.84 Å². The summed E-state index contributed by atoms with van der Waals surface area (Å²) in [5, 5.41) is -0.197. The average molecular weight is 172 g/mol. The third kappa shape index (κ3) is 0.564. The molecule has 4 heteroatoms. The first-order valence-corrected chi connectivity index (χ1v) is 5.45. The van der Waals surface area contributed by atoms with Crippen LogP contribution in [0.3, 0.4) is 0 Å². The molecule has 2 bridgehead atoms. The topological polar surface area (TPSA) is 43.4 Å². The van der Waals surface area contributed by atoms with Crippen molar-refractivity contribution in [3.8, 4) is 0 Å². The quantitative estimate of drug-likeness (QED) is 0.473. The summed E-state index contributed by atoms with van der Waals surface area (Å²) in [5.74, 6) is 0.610. The highest BCUT2D eigenvalue weighted by atomic mass is 32.2. The van der Waals surface area contributed by atoms with Crippen molar-refractivity contribution < 1.29 is 13.2 Å². The van der Waals surface area contributed by atoms with Crippen LogP contribution in [-0.2, 0) is 14.6 Å². The predicted octanol–water partition coefficient (Wildman–Crippen LogP) is -0.263. The highest BCUT2D eigenvalue weighted by Gasteiger charge is 2.60. The standard InChI is InChI=1S/C7H8O3S/c8-11(9)3-4-5-1-2-6(10-5)7(4)11/h1-2,4-7H,3H2. The molecule has 3 heterocycles. The van der Waals surface area contributed by atoms with Crippen LogP contribution in [0, 0.1) is 5.92 Å². The van der Waals surface area contributed by atoms with Gasteiger partial charge in [0.2, 0.25) is 0 Å². The molecule has 4 atom stereocenters. The molecule has 3 nitrogen and oxygen atoms in total. The molecule has 0 aliphatic carbocycles. The highest BCUT2D eigenvalue weighted by Crippen LogP contribution is 2.46. The van der Waals surface area contributed by atoms with E-state index in [4.69, 9.17) is 4.74 Å². The Kier molecular flexibility index (Phi) is 0.868. The second-order valence-corrected chi connectivity index (χ2v) is 5.61. The predicted molar refractivity (Wildman–Crippen MR) is 38.9 cm³/mol. The van der Waals surface area contributed by atoms with E-state index in [1.165, 1.54) is 0 Å². The molecule has 3 rings (SSSR count). The van der Waals surface area contributed by atoms with Crippen molar-refractivity contribution in [1.82, 2.24) is 0 Å². The Labute approximate surface area is 65.0 Å². The fraction of sp³-hybridized carbons (Fsp3) is 0.714. The second kappa shape index (κ2) is 1.54. The molecule has 0 N–H and O–H groups in total. The highest BCUT2D eigenvalue weighted by molar-refractivity contribution is 7.93. The van der Waals surface area contributed by atoms with Crippen LogP contribution in [0.5, 0.6) is 0 Å². The van der Waals surface area contributed by atoms with Gasteiger partial charge in [-0.15, -0.1) is 0 Å². The lowest BCUT2D eigenvalue weighted by molar-refractivity contribution is 0.113. The summed E-state index contributed by atoms with van der Waals surface area (Å²) in [6.07, 6.45) is 3.85. The molecule has 2 fully saturated rings. The largest absolute Gasteiger partial charge is 0.365 e. The molecule has 0 radical (unpaired) electrons. The molecule has 60 valence electrons. The van der Waals surface area contributed by atoms with Gasteiger partial charge in [-0.3, -0.25) is 0 Å². The Morgan fingerprint density at radius 3 is 2.55 bits per heavy atom. The van der Waals surface area contributed by atoms with Gasteiger partial charge >= 0.3 is 0 Å². The molecule has 0 spiro atoms. The summed E-state index contributed by atoms with van der Waals surface area (Å²) in [7, 11) is -2.77. The lowest BCUT2D eigenvalue weighted by Crippen LogP contribution is -2.51. The van der Waals surface area contributed by atoms with Gasteiger partial charge in [0.25, 0.3) is 0 Å². The van der Waals surface area contributed by atoms with Gasteiger partial charge in [0, 0.05) is 5.92 Å². The van der Waals surface area contributed by atoms with Crippen molar-refractivity contribution in [2.45, 2.75) is 17.5 Å². The molecule has 0 saturated carbocycles. The number of hydrogen-bond acceptors (Lipinski definition) is 3. The lowest BCUT2D eigenvalue weighted by Gasteiger charge is -2.33. The summed E-state index contributed by atoms with van der Waals surface area (Å²) in [6.45, 7) is 0. The summed E-state index contributed by atoms with van der Waals surface area (Å²) in [4.78, 5) is 0. The lowest BCUT2D eigenvalue weighted by atomic mass is 9.94. The van der Waals surface area contributed by atoms with E-state index in [1.807, 2.05) is 12.2 Å². The van der Waals surface area contributed by atoms with Crippen molar-refractivity contribution in [3.63, 3.8) is 0 Å². The third-order valence-electron chi connectivity index (χ3n) is 2.81. The molecule has 3 aliphatic heterocycles. The van der Waals surface area contributed by atoms with Gasteiger partial charge in [0.15, 0.2) is 9.84 Å². The zero-order valence-corrected chi connectivity index (χ0v) is 6.62. The first-order valence-electron chi connectivity index (χ1n) is 3.74. The minimum atomic E-state index is -2.77. The van der Waals surface area contributed by atoms with Gasteiger partial charge in [-0.25, -0.2) is 8.42 Å². The van der Waals surface area contributed by atoms with Gasteiger partial charge in [-0.05, 0) is 0 Å². The van der Waals surface area contributed by atoms with E-state index in [1.54, 1.807) is 0 Å². The van der Waals surface area contributed by atoms with Crippen molar-refractivity contribution in [2.75, 3.05) is 5.75 Å². The number of sulfone groups is 1. The van der Waals surface area contributed by atoms with E-state index in [2.05, 4.69) is 0 Å². The minimum Gasteiger partial charge on any atom is -0.365 e. The SMILES string of the molecule is O=S1(=O)CC2C3C=CC(O3)C21. The summed E-state index contributed by atoms with van der Waals surface area (Å²) >= 11 is 0. The second-order valence-electron chi connectivity index (χ2n) is 3.41. The van der Waals surface area contributed by atoms with E-state index in [0.717, 1.165) is 0 Å². The van der Waals surface area contributed by atoms with Gasteiger partial charge in [0.05, 0.1) is 23.2 Å². The Bertz CT molecular complexity index is 330. The molecule has 0 aromatic heterocycles. The minimum absolute atomic E-state index is 0.105. The van der Waals surface area contributed by atoms with Crippen LogP contribution in [0.4, 0.5) is 0 Å². The fourth-order valence-electron chi connectivity index (χ4n) is 2.27. The van der Waals surface area contributed by atoms with Gasteiger partial charge in [-0.2, -0.15) is 0 Å². The first-order chi connectivity index (χ1) is 5.18. The molecule has 0 amide bonds. The van der Waals surface area contributed by atoms with Crippen LogP contribution in [0.2, 0.25) is 0 Å². The van der Waals surface area contributed by atoms with Gasteiger partial charge in [-0.1, -0.05) is 12.2 Å². The van der Waals surface area contributed by atoms with Crippen LogP contribution in [-0.4, -0.2) is 31.6 Å². The van der Waals surface area contributed by atoms with Crippen LogP contribution in [0.1, 0.15) is 0 Å². The normalized spacial score (nSPS) is 55.6. The Morgan fingerprint density at radius 2 is 2.00 bits per heavy atom. The Hall–Kier alpha value is -0.350. The molecule has 3 aliphatic rings. The number of rotatable bonds is 0. The van der Waals surface area contributed by atoms with Crippen LogP contribution >= 0.6 is 0 Å². The molecule has 0 aromatic rings. The Balaban J connectivity index is 2.09. The number of ether oxygens (including phenoxy) is 1. The van der Waals surface area contributed by atoms with E-state index < -0.39 is 9.84 Å². The van der Waals surface area contributed by atoms with E-state index in [0.29, 0.717) is 5.75 Å². The molecule has 2 saturated heterocycles.